The number of hydrogen-bond donors (Lipinski definition) is 0. The monoisotopic (exact) mass is 218 g/mol. The lowest BCUT2D eigenvalue weighted by Gasteiger charge is -2.24. The van der Waals surface area contributed by atoms with Gasteiger partial charge in [0.2, 0.25) is 5.28 Å². The average Bonchev–Trinajstić information content (AvgIpc) is 2.09. The summed E-state index contributed by atoms with van der Waals surface area (Å²) in [6.45, 7) is 5.78. The molecule has 1 heterocycles. The molecule has 5 heteroatoms. The highest BCUT2D eigenvalue weighted by Crippen LogP contribution is 2.25. The quantitative estimate of drug-likeness (QED) is 0.732. The Balaban J connectivity index is 3.10. The summed E-state index contributed by atoms with van der Waals surface area (Å²) < 4.78 is 18.7. The molecule has 14 heavy (non-hydrogen) atoms. The topological polar surface area (TPSA) is 35.0 Å². The van der Waals surface area contributed by atoms with Gasteiger partial charge in [-0.2, -0.15) is 0 Å². The van der Waals surface area contributed by atoms with Gasteiger partial charge < -0.3 is 4.74 Å². The van der Waals surface area contributed by atoms with Crippen LogP contribution in [0.2, 0.25) is 5.28 Å². The Bertz CT molecular complexity index is 331. The lowest BCUT2D eigenvalue weighted by molar-refractivity contribution is -0.0201. The number of ether oxygens (including phenoxy) is 1. The van der Waals surface area contributed by atoms with Crippen molar-refractivity contribution in [2.45, 2.75) is 26.4 Å². The van der Waals surface area contributed by atoms with Gasteiger partial charge >= 0.3 is 0 Å². The second-order valence-corrected chi connectivity index (χ2v) is 3.62. The molecule has 1 aromatic heterocycles. The minimum absolute atomic E-state index is 0.0224. The molecular formula is C9H12ClFN2O. The zero-order valence-electron chi connectivity index (χ0n) is 8.34. The van der Waals surface area contributed by atoms with Crippen molar-refractivity contribution in [2.24, 2.45) is 0 Å². The van der Waals surface area contributed by atoms with Crippen molar-refractivity contribution < 1.29 is 9.13 Å². The molecule has 0 spiro atoms. The molecule has 0 aliphatic carbocycles. The Morgan fingerprint density at radius 2 is 2.21 bits per heavy atom. The third kappa shape index (κ3) is 2.39. The van der Waals surface area contributed by atoms with Crippen LogP contribution >= 0.6 is 11.6 Å². The van der Waals surface area contributed by atoms with Gasteiger partial charge in [-0.25, -0.2) is 14.4 Å². The van der Waals surface area contributed by atoms with Crippen LogP contribution in [0.3, 0.4) is 0 Å². The van der Waals surface area contributed by atoms with E-state index in [2.05, 4.69) is 9.97 Å². The molecule has 1 aromatic rings. The number of rotatable bonds is 3. The normalized spacial score (nSPS) is 11.8. The van der Waals surface area contributed by atoms with Crippen LogP contribution in [0.25, 0.3) is 0 Å². The summed E-state index contributed by atoms with van der Waals surface area (Å²) in [7, 11) is 0. The third-order valence-corrected chi connectivity index (χ3v) is 1.97. The van der Waals surface area contributed by atoms with Gasteiger partial charge in [0, 0.05) is 6.61 Å². The van der Waals surface area contributed by atoms with Gasteiger partial charge in [0.15, 0.2) is 5.82 Å². The molecule has 0 aromatic carbocycles. The first-order valence-corrected chi connectivity index (χ1v) is 4.67. The molecule has 0 radical (unpaired) electrons. The van der Waals surface area contributed by atoms with Crippen LogP contribution < -0.4 is 0 Å². The van der Waals surface area contributed by atoms with Crippen LogP contribution in [-0.2, 0) is 10.3 Å². The highest BCUT2D eigenvalue weighted by Gasteiger charge is 2.26. The SMILES string of the molecule is CCOC(C)(C)c1nc(Cl)ncc1F. The third-order valence-electron chi connectivity index (χ3n) is 1.79. The van der Waals surface area contributed by atoms with Gasteiger partial charge in [0.05, 0.1) is 6.20 Å². The fourth-order valence-electron chi connectivity index (χ4n) is 1.20. The molecule has 0 bridgehead atoms. The molecule has 0 N–H and O–H groups in total. The molecule has 3 nitrogen and oxygen atoms in total. The van der Waals surface area contributed by atoms with Crippen molar-refractivity contribution in [3.8, 4) is 0 Å². The molecule has 1 rings (SSSR count). The number of nitrogens with zero attached hydrogens (tertiary/aromatic N) is 2. The van der Waals surface area contributed by atoms with Crippen LogP contribution in [0.5, 0.6) is 0 Å². The van der Waals surface area contributed by atoms with Gasteiger partial charge in [0.1, 0.15) is 11.3 Å². The van der Waals surface area contributed by atoms with Crippen LogP contribution in [-0.4, -0.2) is 16.6 Å². The molecule has 0 saturated heterocycles. The highest BCUT2D eigenvalue weighted by atomic mass is 35.5. The predicted molar refractivity (Wildman–Crippen MR) is 51.7 cm³/mol. The summed E-state index contributed by atoms with van der Waals surface area (Å²) in [5, 5.41) is 0.0224. The van der Waals surface area contributed by atoms with Gasteiger partial charge in [-0.3, -0.25) is 0 Å². The van der Waals surface area contributed by atoms with Crippen LogP contribution in [0.1, 0.15) is 26.5 Å². The maximum absolute atomic E-state index is 13.3. The van der Waals surface area contributed by atoms with E-state index in [4.69, 9.17) is 16.3 Å². The molecule has 0 saturated carbocycles. The molecule has 0 atom stereocenters. The van der Waals surface area contributed by atoms with Gasteiger partial charge in [-0.05, 0) is 32.4 Å². The van der Waals surface area contributed by atoms with Crippen molar-refractivity contribution >= 4 is 11.6 Å². The van der Waals surface area contributed by atoms with Gasteiger partial charge in [0.25, 0.3) is 0 Å². The van der Waals surface area contributed by atoms with Crippen LogP contribution in [0, 0.1) is 5.82 Å². The summed E-state index contributed by atoms with van der Waals surface area (Å²) in [6.07, 6.45) is 1.05. The van der Waals surface area contributed by atoms with E-state index >= 15 is 0 Å². The minimum atomic E-state index is -0.786. The zero-order chi connectivity index (χ0) is 10.8. The fourth-order valence-corrected chi connectivity index (χ4v) is 1.33. The summed E-state index contributed by atoms with van der Waals surface area (Å²) in [5.74, 6) is -0.507. The van der Waals surface area contributed by atoms with E-state index < -0.39 is 11.4 Å². The summed E-state index contributed by atoms with van der Waals surface area (Å²) >= 11 is 5.58. The van der Waals surface area contributed by atoms with Crippen molar-refractivity contribution in [1.82, 2.24) is 9.97 Å². The highest BCUT2D eigenvalue weighted by molar-refractivity contribution is 6.28. The first-order chi connectivity index (χ1) is 6.47. The van der Waals surface area contributed by atoms with E-state index in [-0.39, 0.29) is 11.0 Å². The predicted octanol–water partition coefficient (Wildman–Crippen LogP) is 2.54. The second-order valence-electron chi connectivity index (χ2n) is 3.28. The van der Waals surface area contributed by atoms with E-state index in [1.165, 1.54) is 0 Å². The molecule has 0 unspecified atom stereocenters. The fraction of sp³-hybridized carbons (Fsp3) is 0.556. The lowest BCUT2D eigenvalue weighted by atomic mass is 10.0. The minimum Gasteiger partial charge on any atom is -0.369 e. The van der Waals surface area contributed by atoms with Crippen LogP contribution in [0.4, 0.5) is 4.39 Å². The Labute approximate surface area is 87.3 Å². The number of aromatic nitrogens is 2. The maximum atomic E-state index is 13.3. The van der Waals surface area contributed by atoms with E-state index in [1.54, 1.807) is 13.8 Å². The van der Waals surface area contributed by atoms with Crippen molar-refractivity contribution in [2.75, 3.05) is 6.61 Å². The lowest BCUT2D eigenvalue weighted by Crippen LogP contribution is -2.25. The molecule has 0 amide bonds. The summed E-state index contributed by atoms with van der Waals surface area (Å²) in [6, 6.07) is 0. The van der Waals surface area contributed by atoms with E-state index in [9.17, 15) is 4.39 Å². The molecule has 78 valence electrons. The molecule has 0 aliphatic rings. The van der Waals surface area contributed by atoms with E-state index in [0.717, 1.165) is 6.20 Å². The second kappa shape index (κ2) is 4.19. The molecular weight excluding hydrogens is 207 g/mol. The summed E-state index contributed by atoms with van der Waals surface area (Å²) in [5.41, 5.74) is -0.606. The Morgan fingerprint density at radius 3 is 2.79 bits per heavy atom. The average molecular weight is 219 g/mol. The van der Waals surface area contributed by atoms with Gasteiger partial charge in [-0.15, -0.1) is 0 Å². The number of halogens is 2. The van der Waals surface area contributed by atoms with E-state index in [1.807, 2.05) is 6.92 Å². The first-order valence-electron chi connectivity index (χ1n) is 4.30. The zero-order valence-corrected chi connectivity index (χ0v) is 9.10. The molecule has 0 aliphatic heterocycles. The smallest absolute Gasteiger partial charge is 0.222 e. The Kier molecular flexibility index (Phi) is 3.39. The largest absolute Gasteiger partial charge is 0.369 e. The van der Waals surface area contributed by atoms with Crippen LogP contribution in [0.15, 0.2) is 6.20 Å². The number of hydrogen-bond acceptors (Lipinski definition) is 3. The van der Waals surface area contributed by atoms with Gasteiger partial charge in [-0.1, -0.05) is 0 Å². The summed E-state index contributed by atoms with van der Waals surface area (Å²) in [4.78, 5) is 7.35. The van der Waals surface area contributed by atoms with Crippen molar-refractivity contribution in [3.05, 3.63) is 23.0 Å². The van der Waals surface area contributed by atoms with Crippen molar-refractivity contribution in [3.63, 3.8) is 0 Å². The standard InChI is InChI=1S/C9H12ClFN2O/c1-4-14-9(2,3)7-6(11)5-12-8(10)13-7/h5H,4H2,1-3H3. The Hall–Kier alpha value is -0.740. The van der Waals surface area contributed by atoms with Crippen molar-refractivity contribution in [1.29, 1.82) is 0 Å². The maximum Gasteiger partial charge on any atom is 0.222 e. The molecule has 0 fully saturated rings. The van der Waals surface area contributed by atoms with E-state index in [0.29, 0.717) is 6.61 Å². The first kappa shape index (κ1) is 11.3. The Morgan fingerprint density at radius 1 is 1.57 bits per heavy atom.